The zero-order valence-electron chi connectivity index (χ0n) is 14.2. The van der Waals surface area contributed by atoms with Crippen molar-refractivity contribution in [2.75, 3.05) is 11.1 Å². The van der Waals surface area contributed by atoms with Gasteiger partial charge in [0.05, 0.1) is 6.42 Å². The van der Waals surface area contributed by atoms with Crippen molar-refractivity contribution in [3.63, 3.8) is 0 Å². The van der Waals surface area contributed by atoms with Crippen LogP contribution in [-0.2, 0) is 11.2 Å². The SMILES string of the molecule is CC(C)(C)NC(=O)c1ccc(NC(=O)Cc2cccc(N)c2)cc1. The number of benzene rings is 2. The normalized spacial score (nSPS) is 11.0. The molecule has 0 bridgehead atoms. The first-order valence-electron chi connectivity index (χ1n) is 7.80. The van der Waals surface area contributed by atoms with Gasteiger partial charge in [-0.3, -0.25) is 9.59 Å². The molecule has 24 heavy (non-hydrogen) atoms. The lowest BCUT2D eigenvalue weighted by atomic mass is 10.1. The first-order chi connectivity index (χ1) is 11.2. The number of nitrogens with two attached hydrogens (primary N) is 1. The van der Waals surface area contributed by atoms with E-state index in [0.717, 1.165) is 5.56 Å². The molecule has 0 unspecified atom stereocenters. The fourth-order valence-electron chi connectivity index (χ4n) is 2.21. The van der Waals surface area contributed by atoms with Crippen LogP contribution in [-0.4, -0.2) is 17.4 Å². The van der Waals surface area contributed by atoms with Gasteiger partial charge in [0.15, 0.2) is 0 Å². The highest BCUT2D eigenvalue weighted by Gasteiger charge is 2.15. The first-order valence-corrected chi connectivity index (χ1v) is 7.80. The predicted molar refractivity (Wildman–Crippen MR) is 96.8 cm³/mol. The van der Waals surface area contributed by atoms with Gasteiger partial charge < -0.3 is 16.4 Å². The van der Waals surface area contributed by atoms with Crippen LogP contribution in [0.15, 0.2) is 48.5 Å². The Balaban J connectivity index is 1.96. The van der Waals surface area contributed by atoms with Crippen molar-refractivity contribution in [3.8, 4) is 0 Å². The summed E-state index contributed by atoms with van der Waals surface area (Å²) in [5.41, 5.74) is 8.11. The molecule has 4 N–H and O–H groups in total. The number of hydrogen-bond donors (Lipinski definition) is 3. The van der Waals surface area contributed by atoms with Gasteiger partial charge in [0, 0.05) is 22.5 Å². The molecule has 0 fully saturated rings. The van der Waals surface area contributed by atoms with Crippen LogP contribution in [0.4, 0.5) is 11.4 Å². The van der Waals surface area contributed by atoms with E-state index in [-0.39, 0.29) is 23.8 Å². The van der Waals surface area contributed by atoms with Crippen molar-refractivity contribution in [1.29, 1.82) is 0 Å². The minimum absolute atomic E-state index is 0.132. The van der Waals surface area contributed by atoms with E-state index < -0.39 is 0 Å². The zero-order valence-corrected chi connectivity index (χ0v) is 14.2. The fourth-order valence-corrected chi connectivity index (χ4v) is 2.21. The summed E-state index contributed by atoms with van der Waals surface area (Å²) in [7, 11) is 0. The van der Waals surface area contributed by atoms with Crippen LogP contribution in [0.2, 0.25) is 0 Å². The second-order valence-corrected chi connectivity index (χ2v) is 6.75. The number of anilines is 2. The molecule has 0 aliphatic carbocycles. The van der Waals surface area contributed by atoms with Crippen LogP contribution >= 0.6 is 0 Å². The molecule has 2 rings (SSSR count). The monoisotopic (exact) mass is 325 g/mol. The largest absolute Gasteiger partial charge is 0.399 e. The van der Waals surface area contributed by atoms with Crippen molar-refractivity contribution < 1.29 is 9.59 Å². The molecule has 2 aromatic carbocycles. The van der Waals surface area contributed by atoms with Crippen LogP contribution in [0.5, 0.6) is 0 Å². The molecular formula is C19H23N3O2. The topological polar surface area (TPSA) is 84.2 Å². The van der Waals surface area contributed by atoms with Gasteiger partial charge in [0.2, 0.25) is 5.91 Å². The minimum atomic E-state index is -0.290. The molecule has 0 radical (unpaired) electrons. The Kier molecular flexibility index (Phi) is 5.24. The predicted octanol–water partition coefficient (Wildman–Crippen LogP) is 2.98. The number of carbonyl (C=O) groups excluding carboxylic acids is 2. The Morgan fingerprint density at radius 1 is 1.04 bits per heavy atom. The van der Waals surface area contributed by atoms with Crippen molar-refractivity contribution in [2.45, 2.75) is 32.7 Å². The standard InChI is InChI=1S/C19H23N3O2/c1-19(2,3)22-18(24)14-7-9-16(10-8-14)21-17(23)12-13-5-4-6-15(20)11-13/h4-11H,12,20H2,1-3H3,(H,21,23)(H,22,24). The van der Waals surface area contributed by atoms with Gasteiger partial charge in [-0.05, 0) is 62.7 Å². The van der Waals surface area contributed by atoms with Crippen LogP contribution in [0.25, 0.3) is 0 Å². The van der Waals surface area contributed by atoms with Crippen LogP contribution in [0.3, 0.4) is 0 Å². The summed E-state index contributed by atoms with van der Waals surface area (Å²) in [5, 5.41) is 5.71. The van der Waals surface area contributed by atoms with E-state index in [2.05, 4.69) is 10.6 Å². The Bertz CT molecular complexity index is 731. The second kappa shape index (κ2) is 7.17. The molecule has 2 amide bonds. The fraction of sp³-hybridized carbons (Fsp3) is 0.263. The molecule has 2 aromatic rings. The molecule has 5 nitrogen and oxygen atoms in total. The number of hydrogen-bond acceptors (Lipinski definition) is 3. The summed E-state index contributed by atoms with van der Waals surface area (Å²) in [6.07, 6.45) is 0.247. The van der Waals surface area contributed by atoms with Crippen LogP contribution in [0, 0.1) is 0 Å². The Morgan fingerprint density at radius 2 is 1.71 bits per heavy atom. The summed E-state index contributed by atoms with van der Waals surface area (Å²) in [6, 6.07) is 14.1. The number of carbonyl (C=O) groups is 2. The summed E-state index contributed by atoms with van der Waals surface area (Å²) in [6.45, 7) is 5.78. The van der Waals surface area contributed by atoms with Gasteiger partial charge in [-0.25, -0.2) is 0 Å². The summed E-state index contributed by atoms with van der Waals surface area (Å²) in [4.78, 5) is 24.1. The lowest BCUT2D eigenvalue weighted by Gasteiger charge is -2.20. The number of nitrogen functional groups attached to an aromatic ring is 1. The third-order valence-electron chi connectivity index (χ3n) is 3.24. The van der Waals surface area contributed by atoms with Crippen LogP contribution < -0.4 is 16.4 Å². The Morgan fingerprint density at radius 3 is 2.29 bits per heavy atom. The van der Waals surface area contributed by atoms with E-state index >= 15 is 0 Å². The van der Waals surface area contributed by atoms with Gasteiger partial charge in [-0.1, -0.05) is 12.1 Å². The van der Waals surface area contributed by atoms with Gasteiger partial charge >= 0.3 is 0 Å². The highest BCUT2D eigenvalue weighted by molar-refractivity contribution is 5.96. The number of rotatable bonds is 4. The molecule has 0 aromatic heterocycles. The summed E-state index contributed by atoms with van der Waals surface area (Å²) >= 11 is 0. The first kappa shape index (κ1) is 17.5. The molecule has 0 aliphatic heterocycles. The van der Waals surface area contributed by atoms with E-state index in [4.69, 9.17) is 5.73 Å². The van der Waals surface area contributed by atoms with E-state index in [1.165, 1.54) is 0 Å². The smallest absolute Gasteiger partial charge is 0.251 e. The zero-order chi connectivity index (χ0) is 17.7. The molecule has 126 valence electrons. The van der Waals surface area contributed by atoms with Gasteiger partial charge in [-0.15, -0.1) is 0 Å². The molecule has 0 atom stereocenters. The van der Waals surface area contributed by atoms with Gasteiger partial charge in [-0.2, -0.15) is 0 Å². The van der Waals surface area contributed by atoms with Gasteiger partial charge in [0.25, 0.3) is 5.91 Å². The number of amides is 2. The van der Waals surface area contributed by atoms with Gasteiger partial charge in [0.1, 0.15) is 0 Å². The third-order valence-corrected chi connectivity index (χ3v) is 3.24. The van der Waals surface area contributed by atoms with E-state index in [1.54, 1.807) is 36.4 Å². The van der Waals surface area contributed by atoms with Crippen molar-refractivity contribution in [1.82, 2.24) is 5.32 Å². The highest BCUT2D eigenvalue weighted by atomic mass is 16.2. The Labute approximate surface area is 142 Å². The molecule has 0 saturated carbocycles. The lowest BCUT2D eigenvalue weighted by molar-refractivity contribution is -0.115. The van der Waals surface area contributed by atoms with Crippen molar-refractivity contribution in [2.24, 2.45) is 0 Å². The van der Waals surface area contributed by atoms with E-state index in [0.29, 0.717) is 16.9 Å². The summed E-state index contributed by atoms with van der Waals surface area (Å²) < 4.78 is 0. The Hall–Kier alpha value is -2.82. The average Bonchev–Trinajstić information content (AvgIpc) is 2.46. The molecule has 0 aliphatic rings. The third kappa shape index (κ3) is 5.43. The minimum Gasteiger partial charge on any atom is -0.399 e. The lowest BCUT2D eigenvalue weighted by Crippen LogP contribution is -2.40. The van der Waals surface area contributed by atoms with Crippen LogP contribution in [0.1, 0.15) is 36.7 Å². The average molecular weight is 325 g/mol. The summed E-state index contributed by atoms with van der Waals surface area (Å²) in [5.74, 6) is -0.271. The maximum absolute atomic E-state index is 12.1. The maximum Gasteiger partial charge on any atom is 0.251 e. The number of nitrogens with one attached hydrogen (secondary N) is 2. The molecule has 0 heterocycles. The van der Waals surface area contributed by atoms with Crippen molar-refractivity contribution >= 4 is 23.2 Å². The maximum atomic E-state index is 12.1. The molecular weight excluding hydrogens is 302 g/mol. The second-order valence-electron chi connectivity index (χ2n) is 6.75. The molecule has 5 heteroatoms. The van der Waals surface area contributed by atoms with E-state index in [9.17, 15) is 9.59 Å². The molecule has 0 spiro atoms. The quantitative estimate of drug-likeness (QED) is 0.756. The highest BCUT2D eigenvalue weighted by Crippen LogP contribution is 2.13. The van der Waals surface area contributed by atoms with E-state index in [1.807, 2.05) is 32.9 Å². The van der Waals surface area contributed by atoms with Crippen molar-refractivity contribution in [3.05, 3.63) is 59.7 Å². The molecule has 0 saturated heterocycles.